The first-order chi connectivity index (χ1) is 20.5. The summed E-state index contributed by atoms with van der Waals surface area (Å²) in [6.07, 6.45) is 10.3. The lowest BCUT2D eigenvalue weighted by molar-refractivity contribution is -0.141. The summed E-state index contributed by atoms with van der Waals surface area (Å²) in [5, 5.41) is 2.51. The van der Waals surface area contributed by atoms with Gasteiger partial charge in [0.15, 0.2) is 0 Å². The number of esters is 2. The third-order valence-corrected chi connectivity index (χ3v) is 7.08. The fourth-order valence-electron chi connectivity index (χ4n) is 4.76. The van der Waals surface area contributed by atoms with Crippen molar-refractivity contribution in [2.24, 2.45) is 0 Å². The van der Waals surface area contributed by atoms with Crippen LogP contribution in [0.15, 0.2) is 42.5 Å². The van der Waals surface area contributed by atoms with Crippen LogP contribution in [0.3, 0.4) is 0 Å². The van der Waals surface area contributed by atoms with E-state index in [1.54, 1.807) is 25.1 Å². The molecule has 2 aromatic carbocycles. The molecule has 9 heteroatoms. The molecule has 3 rings (SSSR count). The van der Waals surface area contributed by atoms with Crippen molar-refractivity contribution in [1.29, 1.82) is 0 Å². The van der Waals surface area contributed by atoms with Crippen LogP contribution >= 0.6 is 0 Å². The van der Waals surface area contributed by atoms with Crippen molar-refractivity contribution in [3.8, 4) is 11.5 Å². The van der Waals surface area contributed by atoms with Gasteiger partial charge < -0.3 is 29.0 Å². The SMILES string of the molecule is CCOC(=O)c1ccc(OCCCc2ccc(OCCCCOC3CCCCC3)cc2)c(CC(=O)NCC(=O)OC)c1. The van der Waals surface area contributed by atoms with Crippen LogP contribution in [0.4, 0.5) is 0 Å². The van der Waals surface area contributed by atoms with Crippen molar-refractivity contribution in [3.05, 3.63) is 59.2 Å². The van der Waals surface area contributed by atoms with Gasteiger partial charge in [0.2, 0.25) is 5.91 Å². The van der Waals surface area contributed by atoms with Crippen LogP contribution in [-0.2, 0) is 36.6 Å². The van der Waals surface area contributed by atoms with Gasteiger partial charge in [0.25, 0.3) is 0 Å². The molecule has 9 nitrogen and oxygen atoms in total. The predicted octanol–water partition coefficient (Wildman–Crippen LogP) is 5.21. The Hall–Kier alpha value is -3.59. The monoisotopic (exact) mass is 583 g/mol. The predicted molar refractivity (Wildman–Crippen MR) is 159 cm³/mol. The van der Waals surface area contributed by atoms with E-state index in [0.29, 0.717) is 36.2 Å². The number of unbranched alkanes of at least 4 members (excludes halogenated alkanes) is 1. The second-order valence-corrected chi connectivity index (χ2v) is 10.4. The topological polar surface area (TPSA) is 109 Å². The number of ether oxygens (including phenoxy) is 5. The Bertz CT molecular complexity index is 1110. The molecular formula is C33H45NO8. The van der Waals surface area contributed by atoms with Crippen LogP contribution in [0.2, 0.25) is 0 Å². The Balaban J connectivity index is 1.40. The van der Waals surface area contributed by atoms with Crippen molar-refractivity contribution < 1.29 is 38.1 Å². The van der Waals surface area contributed by atoms with Crippen molar-refractivity contribution in [2.75, 3.05) is 40.1 Å². The van der Waals surface area contributed by atoms with E-state index in [0.717, 1.165) is 38.0 Å². The Kier molecular flexibility index (Phi) is 14.7. The number of carbonyl (C=O) groups is 3. The number of hydrogen-bond acceptors (Lipinski definition) is 8. The van der Waals surface area contributed by atoms with E-state index in [1.807, 2.05) is 12.1 Å². The van der Waals surface area contributed by atoms with Gasteiger partial charge in [0.05, 0.1) is 45.0 Å². The molecule has 1 fully saturated rings. The number of amides is 1. The zero-order chi connectivity index (χ0) is 30.0. The van der Waals surface area contributed by atoms with Crippen molar-refractivity contribution in [3.63, 3.8) is 0 Å². The van der Waals surface area contributed by atoms with E-state index in [1.165, 1.54) is 44.8 Å². The number of benzene rings is 2. The van der Waals surface area contributed by atoms with E-state index in [2.05, 4.69) is 22.2 Å². The van der Waals surface area contributed by atoms with E-state index in [9.17, 15) is 14.4 Å². The number of carbonyl (C=O) groups excluding carboxylic acids is 3. The van der Waals surface area contributed by atoms with Gasteiger partial charge in [-0.05, 0) is 81.3 Å². The largest absolute Gasteiger partial charge is 0.494 e. The lowest BCUT2D eigenvalue weighted by Gasteiger charge is -2.21. The lowest BCUT2D eigenvalue weighted by Crippen LogP contribution is -2.31. The standard InChI is InChI=1S/C33H45NO8/c1-3-39-33(37)26-15-18-30(27(22-26)23-31(35)34-24-32(36)38-2)42-21-9-10-25-13-16-29(17-14-25)41-20-8-7-19-40-28-11-5-4-6-12-28/h13-18,22,28H,3-12,19-21,23-24H2,1-2H3,(H,34,35). The van der Waals surface area contributed by atoms with Gasteiger partial charge >= 0.3 is 11.9 Å². The average Bonchev–Trinajstić information content (AvgIpc) is 3.01. The summed E-state index contributed by atoms with van der Waals surface area (Å²) in [4.78, 5) is 36.0. The van der Waals surface area contributed by atoms with Crippen LogP contribution in [0, 0.1) is 0 Å². The molecule has 1 N–H and O–H groups in total. The first kappa shape index (κ1) is 32.9. The fourth-order valence-corrected chi connectivity index (χ4v) is 4.76. The summed E-state index contributed by atoms with van der Waals surface area (Å²) in [5.41, 5.74) is 2.03. The fraction of sp³-hybridized carbons (Fsp3) is 0.545. The Labute approximate surface area is 249 Å². The van der Waals surface area contributed by atoms with E-state index < -0.39 is 11.9 Å². The zero-order valence-electron chi connectivity index (χ0n) is 25.0. The third-order valence-electron chi connectivity index (χ3n) is 7.08. The van der Waals surface area contributed by atoms with E-state index >= 15 is 0 Å². The number of methoxy groups -OCH3 is 1. The van der Waals surface area contributed by atoms with Crippen LogP contribution < -0.4 is 14.8 Å². The molecule has 0 spiro atoms. The first-order valence-electron chi connectivity index (χ1n) is 15.1. The molecule has 0 heterocycles. The highest BCUT2D eigenvalue weighted by Gasteiger charge is 2.16. The highest BCUT2D eigenvalue weighted by Crippen LogP contribution is 2.23. The second kappa shape index (κ2) is 18.8. The molecule has 0 saturated heterocycles. The number of hydrogen-bond donors (Lipinski definition) is 1. The van der Waals surface area contributed by atoms with Gasteiger partial charge in [-0.15, -0.1) is 0 Å². The minimum absolute atomic E-state index is 0.0609. The quantitative estimate of drug-likeness (QED) is 0.188. The first-order valence-corrected chi connectivity index (χ1v) is 15.1. The molecule has 0 aromatic heterocycles. The molecule has 0 bridgehead atoms. The molecular weight excluding hydrogens is 538 g/mol. The molecule has 0 atom stereocenters. The van der Waals surface area contributed by atoms with Gasteiger partial charge in [-0.1, -0.05) is 31.4 Å². The molecule has 1 amide bonds. The van der Waals surface area contributed by atoms with Gasteiger partial charge in [-0.3, -0.25) is 9.59 Å². The van der Waals surface area contributed by atoms with Gasteiger partial charge in [-0.2, -0.15) is 0 Å². The summed E-state index contributed by atoms with van der Waals surface area (Å²) < 4.78 is 27.5. The normalized spacial score (nSPS) is 13.3. The molecule has 1 aliphatic carbocycles. The molecule has 0 unspecified atom stereocenters. The van der Waals surface area contributed by atoms with E-state index in [4.69, 9.17) is 18.9 Å². The molecule has 2 aromatic rings. The van der Waals surface area contributed by atoms with Crippen LogP contribution in [0.1, 0.15) is 79.8 Å². The molecule has 1 aliphatic rings. The van der Waals surface area contributed by atoms with Gasteiger partial charge in [0, 0.05) is 12.2 Å². The van der Waals surface area contributed by atoms with Crippen molar-refractivity contribution in [2.45, 2.75) is 77.2 Å². The van der Waals surface area contributed by atoms with Gasteiger partial charge in [-0.25, -0.2) is 4.79 Å². The molecule has 230 valence electrons. The minimum atomic E-state index is -0.546. The highest BCUT2D eigenvalue weighted by molar-refractivity contribution is 5.90. The summed E-state index contributed by atoms with van der Waals surface area (Å²) in [6, 6.07) is 13.0. The maximum atomic E-state index is 12.4. The number of rotatable bonds is 18. The maximum Gasteiger partial charge on any atom is 0.338 e. The Morgan fingerprint density at radius 2 is 1.62 bits per heavy atom. The lowest BCUT2D eigenvalue weighted by atomic mass is 9.98. The van der Waals surface area contributed by atoms with Crippen molar-refractivity contribution >= 4 is 17.8 Å². The highest BCUT2D eigenvalue weighted by atomic mass is 16.5. The van der Waals surface area contributed by atoms with Gasteiger partial charge in [0.1, 0.15) is 18.0 Å². The van der Waals surface area contributed by atoms with Crippen LogP contribution in [-0.4, -0.2) is 64.0 Å². The van der Waals surface area contributed by atoms with E-state index in [-0.39, 0.29) is 25.5 Å². The van der Waals surface area contributed by atoms with Crippen molar-refractivity contribution in [1.82, 2.24) is 5.32 Å². The molecule has 0 radical (unpaired) electrons. The van der Waals surface area contributed by atoms with Crippen LogP contribution in [0.25, 0.3) is 0 Å². The number of nitrogens with one attached hydrogen (secondary N) is 1. The smallest absolute Gasteiger partial charge is 0.338 e. The molecule has 42 heavy (non-hydrogen) atoms. The summed E-state index contributed by atoms with van der Waals surface area (Å²) in [7, 11) is 1.25. The summed E-state index contributed by atoms with van der Waals surface area (Å²) in [6.45, 7) is 3.66. The Morgan fingerprint density at radius 3 is 2.36 bits per heavy atom. The minimum Gasteiger partial charge on any atom is -0.494 e. The molecule has 0 aliphatic heterocycles. The second-order valence-electron chi connectivity index (χ2n) is 10.4. The van der Waals surface area contributed by atoms with Crippen LogP contribution in [0.5, 0.6) is 11.5 Å². The average molecular weight is 584 g/mol. The molecule has 1 saturated carbocycles. The summed E-state index contributed by atoms with van der Waals surface area (Å²) >= 11 is 0. The maximum absolute atomic E-state index is 12.4. The summed E-state index contributed by atoms with van der Waals surface area (Å²) in [5.74, 6) is -0.0447. The third kappa shape index (κ3) is 12.1. The number of aryl methyl sites for hydroxylation is 1. The Morgan fingerprint density at radius 1 is 0.881 bits per heavy atom. The zero-order valence-corrected chi connectivity index (χ0v) is 25.0.